The number of fused-ring (bicyclic) bond motifs is 3. The van der Waals surface area contributed by atoms with E-state index in [1.807, 2.05) is 19.1 Å². The topological polar surface area (TPSA) is 107 Å². The summed E-state index contributed by atoms with van der Waals surface area (Å²) in [6, 6.07) is 12.6. The van der Waals surface area contributed by atoms with Gasteiger partial charge in [-0.1, -0.05) is 17.7 Å². The van der Waals surface area contributed by atoms with Crippen molar-refractivity contribution >= 4 is 40.2 Å². The van der Waals surface area contributed by atoms with E-state index in [4.69, 9.17) is 22.7 Å². The summed E-state index contributed by atoms with van der Waals surface area (Å²) < 4.78 is 0. The normalized spacial score (nSPS) is 13.5. The average Bonchev–Trinajstić information content (AvgIpc) is 3.03. The van der Waals surface area contributed by atoms with Crippen molar-refractivity contribution in [1.82, 2.24) is 9.88 Å². The van der Waals surface area contributed by atoms with Crippen LogP contribution in [-0.2, 0) is 13.0 Å². The standard InChI is InChI=1S/C20H23ClN4.CH4N2/c1-13-2-3-15(11-18(13)21)23-14-4-5-19-17(10-14)16-6-8-25(9-7-22)12-20(16)24-19;2-1-3/h2-5,10-11,23-24H,6-9,12,22H2,1H3;1H,(H3,2,3). The number of nitrogens with one attached hydrogen (secondary N) is 3. The van der Waals surface area contributed by atoms with Gasteiger partial charge in [-0.15, -0.1) is 0 Å². The molecule has 0 saturated heterocycles. The van der Waals surface area contributed by atoms with Gasteiger partial charge in [0.1, 0.15) is 0 Å². The Morgan fingerprint density at radius 2 is 1.96 bits per heavy atom. The Morgan fingerprint density at radius 3 is 2.68 bits per heavy atom. The van der Waals surface area contributed by atoms with Crippen LogP contribution in [0.5, 0.6) is 0 Å². The quantitative estimate of drug-likeness (QED) is 0.341. The molecule has 1 aliphatic heterocycles. The number of aryl methyl sites for hydroxylation is 1. The van der Waals surface area contributed by atoms with Crippen LogP contribution in [0.4, 0.5) is 11.4 Å². The second-order valence-electron chi connectivity index (χ2n) is 6.91. The van der Waals surface area contributed by atoms with Gasteiger partial charge in [-0.05, 0) is 54.8 Å². The fourth-order valence-corrected chi connectivity index (χ4v) is 3.77. The Kier molecular flexibility index (Phi) is 6.57. The maximum atomic E-state index is 6.23. The fraction of sp³-hybridized carbons (Fsp3) is 0.286. The van der Waals surface area contributed by atoms with Crippen LogP contribution in [0, 0.1) is 12.3 Å². The number of rotatable bonds is 4. The van der Waals surface area contributed by atoms with E-state index >= 15 is 0 Å². The minimum Gasteiger partial charge on any atom is -0.390 e. The first-order valence-electron chi connectivity index (χ1n) is 9.35. The van der Waals surface area contributed by atoms with Gasteiger partial charge in [0.2, 0.25) is 0 Å². The number of aromatic nitrogens is 1. The summed E-state index contributed by atoms with van der Waals surface area (Å²) in [4.78, 5) is 5.99. The molecule has 3 aromatic rings. The van der Waals surface area contributed by atoms with Gasteiger partial charge in [-0.2, -0.15) is 0 Å². The van der Waals surface area contributed by atoms with Crippen LogP contribution in [0.2, 0.25) is 5.02 Å². The maximum absolute atomic E-state index is 6.23. The molecule has 0 aliphatic carbocycles. The molecule has 28 heavy (non-hydrogen) atoms. The summed E-state index contributed by atoms with van der Waals surface area (Å²) >= 11 is 6.23. The van der Waals surface area contributed by atoms with E-state index in [0.717, 1.165) is 54.4 Å². The lowest BCUT2D eigenvalue weighted by Gasteiger charge is -2.26. The number of anilines is 2. The molecule has 0 atom stereocenters. The molecule has 0 radical (unpaired) electrons. The highest BCUT2D eigenvalue weighted by Crippen LogP contribution is 2.31. The highest BCUT2D eigenvalue weighted by molar-refractivity contribution is 6.31. The lowest BCUT2D eigenvalue weighted by molar-refractivity contribution is 0.259. The minimum absolute atomic E-state index is 0.711. The van der Waals surface area contributed by atoms with Gasteiger partial charge >= 0.3 is 0 Å². The number of nitrogens with zero attached hydrogens (tertiary/aromatic N) is 1. The van der Waals surface area contributed by atoms with E-state index < -0.39 is 0 Å². The molecule has 0 spiro atoms. The third-order valence-electron chi connectivity index (χ3n) is 4.96. The van der Waals surface area contributed by atoms with Crippen molar-refractivity contribution in [3.8, 4) is 0 Å². The van der Waals surface area contributed by atoms with Crippen LogP contribution >= 0.6 is 11.6 Å². The number of hydrogen-bond donors (Lipinski definition) is 5. The molecular formula is C21H27ClN6. The molecule has 1 aromatic heterocycles. The first kappa shape index (κ1) is 20.2. The molecule has 0 unspecified atom stereocenters. The molecule has 0 bridgehead atoms. The van der Waals surface area contributed by atoms with Crippen LogP contribution in [0.25, 0.3) is 10.9 Å². The van der Waals surface area contributed by atoms with Crippen molar-refractivity contribution in [3.63, 3.8) is 0 Å². The molecule has 6 nitrogen and oxygen atoms in total. The average molecular weight is 399 g/mol. The van der Waals surface area contributed by atoms with Gasteiger partial charge in [-0.3, -0.25) is 10.3 Å². The second kappa shape index (κ2) is 9.10. The molecule has 148 valence electrons. The van der Waals surface area contributed by atoms with Gasteiger partial charge in [-0.25, -0.2) is 0 Å². The molecule has 7 heteroatoms. The molecular weight excluding hydrogens is 372 g/mol. The molecule has 0 fully saturated rings. The predicted molar refractivity (Wildman–Crippen MR) is 119 cm³/mol. The van der Waals surface area contributed by atoms with E-state index in [2.05, 4.69) is 45.2 Å². The molecule has 4 rings (SSSR count). The molecule has 2 heterocycles. The first-order chi connectivity index (χ1) is 13.5. The SMILES string of the molecule is Cc1ccc(Nc2ccc3[nH]c4c(c3c2)CCN(CCN)C4)cc1Cl.N=CN. The van der Waals surface area contributed by atoms with Gasteiger partial charge < -0.3 is 21.8 Å². The van der Waals surface area contributed by atoms with Crippen LogP contribution < -0.4 is 16.8 Å². The summed E-state index contributed by atoms with van der Waals surface area (Å²) in [5.74, 6) is 0. The largest absolute Gasteiger partial charge is 0.390 e. The molecule has 1 aliphatic rings. The number of aromatic amines is 1. The molecule has 0 saturated carbocycles. The lowest BCUT2D eigenvalue weighted by atomic mass is 10.0. The highest BCUT2D eigenvalue weighted by atomic mass is 35.5. The molecule has 0 amide bonds. The predicted octanol–water partition coefficient (Wildman–Crippen LogP) is 3.74. The number of benzene rings is 2. The van der Waals surface area contributed by atoms with Crippen molar-refractivity contribution in [2.24, 2.45) is 11.5 Å². The van der Waals surface area contributed by atoms with Gasteiger partial charge in [0.15, 0.2) is 0 Å². The van der Waals surface area contributed by atoms with Crippen molar-refractivity contribution in [1.29, 1.82) is 5.41 Å². The Bertz CT molecular complexity index is 965. The summed E-state index contributed by atoms with van der Waals surface area (Å²) in [5, 5.41) is 11.4. The second-order valence-corrected chi connectivity index (χ2v) is 7.32. The van der Waals surface area contributed by atoms with Crippen LogP contribution in [0.15, 0.2) is 36.4 Å². The number of nitrogens with two attached hydrogens (primary N) is 2. The van der Waals surface area contributed by atoms with Crippen molar-refractivity contribution < 1.29 is 0 Å². The van der Waals surface area contributed by atoms with Crippen molar-refractivity contribution in [2.45, 2.75) is 19.9 Å². The van der Waals surface area contributed by atoms with Crippen molar-refractivity contribution in [3.05, 3.63) is 58.2 Å². The Hall–Kier alpha value is -2.54. The van der Waals surface area contributed by atoms with Gasteiger partial charge in [0.05, 0.1) is 6.34 Å². The van der Waals surface area contributed by atoms with Gasteiger partial charge in [0.25, 0.3) is 0 Å². The zero-order chi connectivity index (χ0) is 20.1. The smallest absolute Gasteiger partial charge is 0.0765 e. The Balaban J connectivity index is 0.000000706. The summed E-state index contributed by atoms with van der Waals surface area (Å²) in [6.45, 7) is 5.71. The number of hydrogen-bond acceptors (Lipinski definition) is 4. The van der Waals surface area contributed by atoms with Crippen molar-refractivity contribution in [2.75, 3.05) is 25.0 Å². The monoisotopic (exact) mass is 398 g/mol. The van der Waals surface area contributed by atoms with E-state index in [1.54, 1.807) is 0 Å². The highest BCUT2D eigenvalue weighted by Gasteiger charge is 2.20. The lowest BCUT2D eigenvalue weighted by Crippen LogP contribution is -2.34. The maximum Gasteiger partial charge on any atom is 0.0765 e. The first-order valence-corrected chi connectivity index (χ1v) is 9.73. The zero-order valence-electron chi connectivity index (χ0n) is 16.1. The van der Waals surface area contributed by atoms with Crippen LogP contribution in [0.1, 0.15) is 16.8 Å². The Morgan fingerprint density at radius 1 is 1.25 bits per heavy atom. The van der Waals surface area contributed by atoms with Gasteiger partial charge in [0, 0.05) is 59.2 Å². The number of halogens is 1. The van der Waals surface area contributed by atoms with E-state index in [-0.39, 0.29) is 0 Å². The van der Waals surface area contributed by atoms with Crippen LogP contribution in [-0.4, -0.2) is 35.9 Å². The third kappa shape index (κ3) is 4.47. The molecule has 7 N–H and O–H groups in total. The number of H-pyrrole nitrogens is 1. The summed E-state index contributed by atoms with van der Waals surface area (Å²) in [6.07, 6.45) is 1.81. The van der Waals surface area contributed by atoms with E-state index in [1.165, 1.54) is 22.2 Å². The summed E-state index contributed by atoms with van der Waals surface area (Å²) in [7, 11) is 0. The minimum atomic E-state index is 0.711. The van der Waals surface area contributed by atoms with E-state index in [9.17, 15) is 0 Å². The Labute approximate surface area is 170 Å². The molecule has 2 aromatic carbocycles. The zero-order valence-corrected chi connectivity index (χ0v) is 16.8. The summed E-state index contributed by atoms with van der Waals surface area (Å²) in [5.41, 5.74) is 17.2. The van der Waals surface area contributed by atoms with E-state index in [0.29, 0.717) is 6.54 Å². The van der Waals surface area contributed by atoms with Crippen LogP contribution in [0.3, 0.4) is 0 Å². The third-order valence-corrected chi connectivity index (χ3v) is 5.37. The fourth-order valence-electron chi connectivity index (χ4n) is 3.59.